The van der Waals surface area contributed by atoms with E-state index in [1.807, 2.05) is 0 Å². The van der Waals surface area contributed by atoms with E-state index in [0.717, 1.165) is 7.05 Å². The Hall–Kier alpha value is -0.780. The molecule has 1 amide bonds. The van der Waals surface area contributed by atoms with Crippen molar-refractivity contribution in [3.8, 4) is 0 Å². The summed E-state index contributed by atoms with van der Waals surface area (Å²) in [6, 6.07) is -0.436. The number of ether oxygens (including phenoxy) is 1. The second-order valence-electron chi connectivity index (χ2n) is 2.93. The highest BCUT2D eigenvalue weighted by Crippen LogP contribution is 2.21. The van der Waals surface area contributed by atoms with Crippen LogP contribution in [0.2, 0.25) is 0 Å². The lowest BCUT2D eigenvalue weighted by Crippen LogP contribution is -2.44. The molecule has 6 heteroatoms. The number of likely N-dealkylation sites (N-methyl/N-ethyl adjacent to an activating group) is 1. The van der Waals surface area contributed by atoms with Crippen LogP contribution in [-0.4, -0.2) is 43.3 Å². The van der Waals surface area contributed by atoms with Crippen LogP contribution in [0.15, 0.2) is 0 Å². The summed E-state index contributed by atoms with van der Waals surface area (Å²) in [6.45, 7) is 0.610. The van der Waals surface area contributed by atoms with Gasteiger partial charge in [0.05, 0.1) is 12.6 Å². The molecule has 0 aliphatic carbocycles. The molecule has 1 saturated heterocycles. The Bertz CT molecular complexity index is 198. The van der Waals surface area contributed by atoms with Crippen molar-refractivity contribution < 1.29 is 22.7 Å². The first kappa shape index (κ1) is 10.3. The van der Waals surface area contributed by atoms with E-state index in [-0.39, 0.29) is 6.61 Å². The average Bonchev–Trinajstić information content (AvgIpc) is 2.51. The van der Waals surface area contributed by atoms with E-state index in [1.54, 1.807) is 0 Å². The zero-order chi connectivity index (χ0) is 10.1. The van der Waals surface area contributed by atoms with Crippen molar-refractivity contribution in [1.82, 2.24) is 4.90 Å². The highest BCUT2D eigenvalue weighted by atomic mass is 19.4. The molecule has 0 aromatic rings. The maximum absolute atomic E-state index is 11.9. The first-order chi connectivity index (χ1) is 5.93. The van der Waals surface area contributed by atoms with E-state index in [9.17, 15) is 18.0 Å². The van der Waals surface area contributed by atoms with Gasteiger partial charge in [0.1, 0.15) is 0 Å². The molecule has 0 N–H and O–H groups in total. The smallest absolute Gasteiger partial charge is 0.379 e. The molecule has 0 saturated carbocycles. The molecule has 1 fully saturated rings. The topological polar surface area (TPSA) is 29.5 Å². The van der Waals surface area contributed by atoms with Gasteiger partial charge in [-0.15, -0.1) is 0 Å². The zero-order valence-electron chi connectivity index (χ0n) is 7.10. The van der Waals surface area contributed by atoms with Crippen molar-refractivity contribution in [3.05, 3.63) is 0 Å². The molecule has 1 aliphatic rings. The van der Waals surface area contributed by atoms with Gasteiger partial charge in [-0.2, -0.15) is 13.2 Å². The molecule has 1 atom stereocenters. The molecule has 0 spiro atoms. The fourth-order valence-electron chi connectivity index (χ4n) is 1.19. The maximum Gasteiger partial charge on any atom is 0.471 e. The second-order valence-corrected chi connectivity index (χ2v) is 2.93. The summed E-state index contributed by atoms with van der Waals surface area (Å²) >= 11 is 0. The number of hydrogen-bond acceptors (Lipinski definition) is 2. The lowest BCUT2D eigenvalue weighted by molar-refractivity contribution is -0.186. The third kappa shape index (κ3) is 2.33. The Morgan fingerprint density at radius 1 is 1.54 bits per heavy atom. The van der Waals surface area contributed by atoms with Gasteiger partial charge in [-0.1, -0.05) is 0 Å². The normalized spacial score (nSPS) is 23.2. The van der Waals surface area contributed by atoms with Crippen LogP contribution in [0.3, 0.4) is 0 Å². The Kier molecular flexibility index (Phi) is 2.80. The van der Waals surface area contributed by atoms with E-state index in [1.165, 1.54) is 0 Å². The summed E-state index contributed by atoms with van der Waals surface area (Å²) in [7, 11) is 1.15. The van der Waals surface area contributed by atoms with Gasteiger partial charge in [0, 0.05) is 13.7 Å². The predicted octanol–water partition coefficient (Wildman–Crippen LogP) is 0.796. The van der Waals surface area contributed by atoms with Crippen molar-refractivity contribution in [3.63, 3.8) is 0 Å². The summed E-state index contributed by atoms with van der Waals surface area (Å²) < 4.78 is 40.6. The third-order valence-corrected chi connectivity index (χ3v) is 2.02. The lowest BCUT2D eigenvalue weighted by Gasteiger charge is -2.23. The SMILES string of the molecule is CN(C(=O)C(F)(F)F)C1CCOC1. The molecule has 3 nitrogen and oxygen atoms in total. The Morgan fingerprint density at radius 2 is 2.15 bits per heavy atom. The van der Waals surface area contributed by atoms with Crippen LogP contribution in [0.4, 0.5) is 13.2 Å². The fraction of sp³-hybridized carbons (Fsp3) is 0.857. The Labute approximate surface area is 73.5 Å². The number of hydrogen-bond donors (Lipinski definition) is 0. The van der Waals surface area contributed by atoms with Gasteiger partial charge >= 0.3 is 12.1 Å². The van der Waals surface area contributed by atoms with Crippen molar-refractivity contribution >= 4 is 5.91 Å². The summed E-state index contributed by atoms with van der Waals surface area (Å²) in [6.07, 6.45) is -4.31. The first-order valence-electron chi connectivity index (χ1n) is 3.84. The summed E-state index contributed by atoms with van der Waals surface area (Å²) in [4.78, 5) is 11.4. The van der Waals surface area contributed by atoms with E-state index < -0.39 is 18.1 Å². The fourth-order valence-corrected chi connectivity index (χ4v) is 1.19. The molecule has 1 heterocycles. The molecule has 0 bridgehead atoms. The summed E-state index contributed by atoms with van der Waals surface area (Å²) in [5.41, 5.74) is 0. The van der Waals surface area contributed by atoms with Crippen LogP contribution < -0.4 is 0 Å². The van der Waals surface area contributed by atoms with Crippen LogP contribution in [0.25, 0.3) is 0 Å². The summed E-state index contributed by atoms with van der Waals surface area (Å²) in [5.74, 6) is -1.80. The first-order valence-corrected chi connectivity index (χ1v) is 3.84. The molecular weight excluding hydrogens is 187 g/mol. The van der Waals surface area contributed by atoms with Gasteiger partial charge in [-0.3, -0.25) is 4.79 Å². The molecule has 76 valence electrons. The van der Waals surface area contributed by atoms with Crippen molar-refractivity contribution in [1.29, 1.82) is 0 Å². The number of carbonyl (C=O) groups excluding carboxylic acids is 1. The van der Waals surface area contributed by atoms with Crippen molar-refractivity contribution in [2.75, 3.05) is 20.3 Å². The minimum atomic E-state index is -4.78. The van der Waals surface area contributed by atoms with Crippen LogP contribution in [-0.2, 0) is 9.53 Å². The van der Waals surface area contributed by atoms with E-state index in [0.29, 0.717) is 17.9 Å². The molecule has 0 aromatic carbocycles. The number of halogens is 3. The van der Waals surface area contributed by atoms with Crippen LogP contribution in [0, 0.1) is 0 Å². The highest BCUT2D eigenvalue weighted by Gasteiger charge is 2.43. The average molecular weight is 197 g/mol. The largest absolute Gasteiger partial charge is 0.471 e. The minimum absolute atomic E-state index is 0.193. The standard InChI is InChI=1S/C7H10F3NO2/c1-11(5-2-3-13-4-5)6(12)7(8,9)10/h5H,2-4H2,1H3. The molecule has 1 rings (SSSR count). The second kappa shape index (κ2) is 3.53. The quantitative estimate of drug-likeness (QED) is 0.622. The maximum atomic E-state index is 11.9. The lowest BCUT2D eigenvalue weighted by atomic mass is 10.2. The van der Waals surface area contributed by atoms with Gasteiger partial charge in [0.15, 0.2) is 0 Å². The molecular formula is C7H10F3NO2. The van der Waals surface area contributed by atoms with Gasteiger partial charge in [-0.05, 0) is 6.42 Å². The van der Waals surface area contributed by atoms with Gasteiger partial charge in [0.2, 0.25) is 0 Å². The van der Waals surface area contributed by atoms with Crippen LogP contribution in [0.5, 0.6) is 0 Å². The number of nitrogens with zero attached hydrogens (tertiary/aromatic N) is 1. The Morgan fingerprint density at radius 3 is 2.54 bits per heavy atom. The van der Waals surface area contributed by atoms with Crippen molar-refractivity contribution in [2.45, 2.75) is 18.6 Å². The van der Waals surface area contributed by atoms with Gasteiger partial charge in [0.25, 0.3) is 0 Å². The van der Waals surface area contributed by atoms with E-state index in [4.69, 9.17) is 4.74 Å². The predicted molar refractivity (Wildman–Crippen MR) is 38.0 cm³/mol. The molecule has 0 radical (unpaired) electrons. The van der Waals surface area contributed by atoms with E-state index in [2.05, 4.69) is 0 Å². The van der Waals surface area contributed by atoms with Crippen molar-refractivity contribution in [2.24, 2.45) is 0 Å². The molecule has 13 heavy (non-hydrogen) atoms. The molecule has 0 aromatic heterocycles. The number of amides is 1. The van der Waals surface area contributed by atoms with Gasteiger partial charge in [-0.25, -0.2) is 0 Å². The molecule has 1 aliphatic heterocycles. The third-order valence-electron chi connectivity index (χ3n) is 2.02. The van der Waals surface area contributed by atoms with Crippen LogP contribution >= 0.6 is 0 Å². The zero-order valence-corrected chi connectivity index (χ0v) is 7.10. The Balaban J connectivity index is 2.56. The number of carbonyl (C=O) groups is 1. The highest BCUT2D eigenvalue weighted by molar-refractivity contribution is 5.81. The number of rotatable bonds is 1. The minimum Gasteiger partial charge on any atom is -0.379 e. The summed E-state index contributed by atoms with van der Waals surface area (Å²) in [5, 5.41) is 0. The number of alkyl halides is 3. The molecule has 1 unspecified atom stereocenters. The van der Waals surface area contributed by atoms with Gasteiger partial charge < -0.3 is 9.64 Å². The van der Waals surface area contributed by atoms with Crippen LogP contribution in [0.1, 0.15) is 6.42 Å². The monoisotopic (exact) mass is 197 g/mol. The van der Waals surface area contributed by atoms with E-state index >= 15 is 0 Å².